The zero-order valence-corrected chi connectivity index (χ0v) is 17.0. The third-order valence-electron chi connectivity index (χ3n) is 5.73. The van der Waals surface area contributed by atoms with E-state index in [0.717, 1.165) is 34.8 Å². The second-order valence-corrected chi connectivity index (χ2v) is 10.0. The standard InChI is InChI=1S/C23H27N3S/c1-23(2)13-18-19(14-24)22(25-17-11-7-4-8-12-17)26-21(20(18)15-27-23)16-9-5-3-6-10-16/h3,5-6,9-10,17H,4,7-8,11-13,15H2,1-2H3,(H,25,26). The summed E-state index contributed by atoms with van der Waals surface area (Å²) < 4.78 is 0.149. The van der Waals surface area contributed by atoms with Gasteiger partial charge in [-0.15, -0.1) is 0 Å². The van der Waals surface area contributed by atoms with Gasteiger partial charge in [0.05, 0.1) is 11.3 Å². The van der Waals surface area contributed by atoms with Gasteiger partial charge in [-0.3, -0.25) is 0 Å². The van der Waals surface area contributed by atoms with Crippen LogP contribution >= 0.6 is 11.8 Å². The number of nitrogens with zero attached hydrogens (tertiary/aromatic N) is 2. The number of anilines is 1. The summed E-state index contributed by atoms with van der Waals surface area (Å²) >= 11 is 1.96. The van der Waals surface area contributed by atoms with Crippen LogP contribution in [-0.4, -0.2) is 15.8 Å². The Balaban J connectivity index is 1.84. The number of aromatic nitrogens is 1. The van der Waals surface area contributed by atoms with Gasteiger partial charge in [0.1, 0.15) is 11.9 Å². The molecule has 3 nitrogen and oxygen atoms in total. The van der Waals surface area contributed by atoms with Gasteiger partial charge in [0.2, 0.25) is 0 Å². The molecule has 1 aliphatic carbocycles. The molecule has 1 saturated carbocycles. The van der Waals surface area contributed by atoms with Crippen LogP contribution in [0.2, 0.25) is 0 Å². The minimum Gasteiger partial charge on any atom is -0.366 e. The van der Waals surface area contributed by atoms with Gasteiger partial charge < -0.3 is 5.32 Å². The molecule has 140 valence electrons. The number of rotatable bonds is 3. The SMILES string of the molecule is CC1(C)Cc2c(C#N)c(NC3CCCCC3)nc(-c3ccccc3)c2CS1. The number of hydrogen-bond acceptors (Lipinski definition) is 4. The van der Waals surface area contributed by atoms with Crippen LogP contribution in [0, 0.1) is 11.3 Å². The van der Waals surface area contributed by atoms with Crippen molar-refractivity contribution in [3.8, 4) is 17.3 Å². The predicted molar refractivity (Wildman–Crippen MR) is 114 cm³/mol. The normalized spacial score (nSPS) is 19.1. The lowest BCUT2D eigenvalue weighted by atomic mass is 9.90. The highest BCUT2D eigenvalue weighted by Crippen LogP contribution is 2.44. The number of thioether (sulfide) groups is 1. The van der Waals surface area contributed by atoms with Crippen molar-refractivity contribution < 1.29 is 0 Å². The Kier molecular flexibility index (Phi) is 5.14. The van der Waals surface area contributed by atoms with E-state index < -0.39 is 0 Å². The van der Waals surface area contributed by atoms with Crippen LogP contribution in [0.1, 0.15) is 62.6 Å². The first-order valence-electron chi connectivity index (χ1n) is 9.99. The molecule has 0 atom stereocenters. The van der Waals surface area contributed by atoms with Crippen molar-refractivity contribution in [2.24, 2.45) is 0 Å². The Morgan fingerprint density at radius 1 is 1.11 bits per heavy atom. The Morgan fingerprint density at radius 3 is 2.56 bits per heavy atom. The molecule has 1 N–H and O–H groups in total. The van der Waals surface area contributed by atoms with Crippen molar-refractivity contribution in [2.75, 3.05) is 5.32 Å². The summed E-state index contributed by atoms with van der Waals surface area (Å²) in [6, 6.07) is 13.4. The largest absolute Gasteiger partial charge is 0.366 e. The minimum atomic E-state index is 0.149. The number of fused-ring (bicyclic) bond motifs is 1. The van der Waals surface area contributed by atoms with Crippen molar-refractivity contribution >= 4 is 17.6 Å². The van der Waals surface area contributed by atoms with Gasteiger partial charge in [-0.1, -0.05) is 63.4 Å². The highest BCUT2D eigenvalue weighted by molar-refractivity contribution is 7.99. The summed E-state index contributed by atoms with van der Waals surface area (Å²) in [5.74, 6) is 1.71. The van der Waals surface area contributed by atoms with E-state index in [1.165, 1.54) is 43.2 Å². The minimum absolute atomic E-state index is 0.149. The van der Waals surface area contributed by atoms with Crippen molar-refractivity contribution in [3.63, 3.8) is 0 Å². The van der Waals surface area contributed by atoms with E-state index in [0.29, 0.717) is 6.04 Å². The first kappa shape index (κ1) is 18.4. The third-order valence-corrected chi connectivity index (χ3v) is 7.09. The van der Waals surface area contributed by atoms with Gasteiger partial charge >= 0.3 is 0 Å². The quantitative estimate of drug-likeness (QED) is 0.720. The zero-order chi connectivity index (χ0) is 18.9. The molecule has 2 aromatic rings. The molecular weight excluding hydrogens is 350 g/mol. The van der Waals surface area contributed by atoms with Crippen molar-refractivity contribution in [1.82, 2.24) is 4.98 Å². The fraction of sp³-hybridized carbons (Fsp3) is 0.478. The third kappa shape index (κ3) is 3.84. The Labute approximate surface area is 166 Å². The Hall–Kier alpha value is -1.99. The number of pyridine rings is 1. The van der Waals surface area contributed by atoms with Gasteiger partial charge in [-0.25, -0.2) is 4.98 Å². The van der Waals surface area contributed by atoms with Crippen LogP contribution in [0.3, 0.4) is 0 Å². The maximum absolute atomic E-state index is 10.00. The van der Waals surface area contributed by atoms with Gasteiger partial charge in [0.15, 0.2) is 0 Å². The average molecular weight is 378 g/mol. The van der Waals surface area contributed by atoms with Crippen molar-refractivity contribution in [3.05, 3.63) is 47.0 Å². The summed E-state index contributed by atoms with van der Waals surface area (Å²) in [5.41, 5.74) is 5.41. The summed E-state index contributed by atoms with van der Waals surface area (Å²) in [4.78, 5) is 5.02. The van der Waals surface area contributed by atoms with E-state index in [-0.39, 0.29) is 4.75 Å². The number of hydrogen-bond donors (Lipinski definition) is 1. The molecule has 2 aliphatic rings. The van der Waals surface area contributed by atoms with E-state index in [1.54, 1.807) is 0 Å². The summed E-state index contributed by atoms with van der Waals surface area (Å²) in [5, 5.41) is 13.6. The molecule has 1 fully saturated rings. The maximum Gasteiger partial charge on any atom is 0.145 e. The molecule has 4 rings (SSSR count). The van der Waals surface area contributed by atoms with E-state index in [9.17, 15) is 5.26 Å². The monoisotopic (exact) mass is 377 g/mol. The van der Waals surface area contributed by atoms with Crippen LogP contribution in [0.25, 0.3) is 11.3 Å². The van der Waals surface area contributed by atoms with E-state index >= 15 is 0 Å². The maximum atomic E-state index is 10.00. The summed E-state index contributed by atoms with van der Waals surface area (Å²) in [6.07, 6.45) is 7.11. The van der Waals surface area contributed by atoms with Crippen molar-refractivity contribution in [2.45, 2.75) is 68.9 Å². The summed E-state index contributed by atoms with van der Waals surface area (Å²) in [7, 11) is 0. The molecule has 0 unspecified atom stereocenters. The first-order valence-corrected chi connectivity index (χ1v) is 11.0. The second-order valence-electron chi connectivity index (χ2n) is 8.32. The topological polar surface area (TPSA) is 48.7 Å². The van der Waals surface area contributed by atoms with Crippen LogP contribution in [0.5, 0.6) is 0 Å². The predicted octanol–water partition coefficient (Wildman–Crippen LogP) is 5.93. The molecular formula is C23H27N3S. The molecule has 2 heterocycles. The van der Waals surface area contributed by atoms with Crippen LogP contribution < -0.4 is 5.32 Å². The molecule has 4 heteroatoms. The van der Waals surface area contributed by atoms with E-state index in [4.69, 9.17) is 4.98 Å². The molecule has 0 saturated heterocycles. The Morgan fingerprint density at radius 2 is 1.85 bits per heavy atom. The van der Waals surface area contributed by atoms with E-state index in [1.807, 2.05) is 17.8 Å². The average Bonchev–Trinajstić information content (AvgIpc) is 2.68. The number of nitrogens with one attached hydrogen (secondary N) is 1. The smallest absolute Gasteiger partial charge is 0.145 e. The molecule has 1 aromatic heterocycles. The fourth-order valence-electron chi connectivity index (χ4n) is 4.27. The molecule has 0 bridgehead atoms. The van der Waals surface area contributed by atoms with Crippen LogP contribution in [0.15, 0.2) is 30.3 Å². The van der Waals surface area contributed by atoms with Gasteiger partial charge in [-0.2, -0.15) is 17.0 Å². The van der Waals surface area contributed by atoms with Gasteiger partial charge in [-0.05, 0) is 30.4 Å². The molecule has 27 heavy (non-hydrogen) atoms. The number of nitriles is 1. The molecule has 0 amide bonds. The lowest BCUT2D eigenvalue weighted by Gasteiger charge is -2.33. The second kappa shape index (κ2) is 7.56. The molecule has 1 aliphatic heterocycles. The Bertz CT molecular complexity index is 861. The van der Waals surface area contributed by atoms with Gasteiger partial charge in [0, 0.05) is 22.1 Å². The lowest BCUT2D eigenvalue weighted by molar-refractivity contribution is 0.461. The van der Waals surface area contributed by atoms with Gasteiger partial charge in [0.25, 0.3) is 0 Å². The lowest BCUT2D eigenvalue weighted by Crippen LogP contribution is -2.28. The zero-order valence-electron chi connectivity index (χ0n) is 16.2. The molecule has 0 spiro atoms. The van der Waals surface area contributed by atoms with Crippen molar-refractivity contribution in [1.29, 1.82) is 5.26 Å². The highest BCUT2D eigenvalue weighted by atomic mass is 32.2. The molecule has 0 radical (unpaired) electrons. The summed E-state index contributed by atoms with van der Waals surface area (Å²) in [6.45, 7) is 4.55. The first-order chi connectivity index (χ1) is 13.1. The van der Waals surface area contributed by atoms with Crippen LogP contribution in [0.4, 0.5) is 5.82 Å². The highest BCUT2D eigenvalue weighted by Gasteiger charge is 2.32. The van der Waals surface area contributed by atoms with E-state index in [2.05, 4.69) is 49.5 Å². The fourth-order valence-corrected chi connectivity index (χ4v) is 5.36. The molecule has 1 aromatic carbocycles. The number of benzene rings is 1. The van der Waals surface area contributed by atoms with Crippen LogP contribution in [-0.2, 0) is 12.2 Å².